The maximum Gasteiger partial charge on any atom is 0.328 e. The van der Waals surface area contributed by atoms with Crippen LogP contribution in [0.4, 0.5) is 0 Å². The molecule has 1 unspecified atom stereocenters. The predicted molar refractivity (Wildman–Crippen MR) is 81.0 cm³/mol. The molecule has 0 fully saturated rings. The van der Waals surface area contributed by atoms with E-state index >= 15 is 0 Å². The van der Waals surface area contributed by atoms with Crippen molar-refractivity contribution in [3.63, 3.8) is 0 Å². The third-order valence-corrected chi connectivity index (χ3v) is 3.27. The van der Waals surface area contributed by atoms with Crippen LogP contribution in [0.3, 0.4) is 0 Å². The largest absolute Gasteiger partial charge is 0.467 e. The van der Waals surface area contributed by atoms with Crippen LogP contribution in [0.15, 0.2) is 30.3 Å². The van der Waals surface area contributed by atoms with E-state index in [-0.39, 0.29) is 11.8 Å². The fourth-order valence-electron chi connectivity index (χ4n) is 2.26. The first-order valence-corrected chi connectivity index (χ1v) is 6.97. The third kappa shape index (κ3) is 3.62. The van der Waals surface area contributed by atoms with Crippen LogP contribution in [0.25, 0.3) is 10.9 Å². The number of hydrogen-bond acceptors (Lipinski definition) is 3. The fraction of sp³-hybridized carbons (Fsp3) is 0.375. The molecule has 1 aromatic carbocycles. The van der Waals surface area contributed by atoms with E-state index in [1.165, 1.54) is 7.11 Å². The molecule has 112 valence electrons. The second-order valence-corrected chi connectivity index (χ2v) is 5.45. The normalized spacial score (nSPS) is 12.4. The van der Waals surface area contributed by atoms with Crippen molar-refractivity contribution in [1.29, 1.82) is 0 Å². The first-order valence-electron chi connectivity index (χ1n) is 6.97. The number of aromatic amines is 1. The first-order chi connectivity index (χ1) is 10.0. The first kappa shape index (κ1) is 15.1. The van der Waals surface area contributed by atoms with Gasteiger partial charge in [-0.25, -0.2) is 4.79 Å². The lowest BCUT2D eigenvalue weighted by atomic mass is 10.0. The van der Waals surface area contributed by atoms with Gasteiger partial charge in [-0.15, -0.1) is 0 Å². The van der Waals surface area contributed by atoms with E-state index in [9.17, 15) is 9.59 Å². The number of nitrogens with one attached hydrogen (secondary N) is 2. The van der Waals surface area contributed by atoms with Gasteiger partial charge in [-0.05, 0) is 24.5 Å². The van der Waals surface area contributed by atoms with Crippen LogP contribution in [-0.4, -0.2) is 30.0 Å². The molecule has 2 N–H and O–H groups in total. The molecule has 2 rings (SSSR count). The molecule has 1 amide bonds. The van der Waals surface area contributed by atoms with Gasteiger partial charge in [0.2, 0.25) is 0 Å². The number of esters is 1. The molecule has 0 saturated carbocycles. The van der Waals surface area contributed by atoms with E-state index in [2.05, 4.69) is 10.3 Å². The molecule has 1 heterocycles. The zero-order valence-corrected chi connectivity index (χ0v) is 12.5. The number of benzene rings is 1. The summed E-state index contributed by atoms with van der Waals surface area (Å²) in [4.78, 5) is 27.1. The lowest BCUT2D eigenvalue weighted by Crippen LogP contribution is -2.42. The number of carbonyl (C=O) groups excluding carboxylic acids is 2. The van der Waals surface area contributed by atoms with Gasteiger partial charge in [-0.2, -0.15) is 0 Å². The number of fused-ring (bicyclic) bond motifs is 1. The van der Waals surface area contributed by atoms with Crippen molar-refractivity contribution in [2.45, 2.75) is 26.3 Å². The maximum absolute atomic E-state index is 12.3. The van der Waals surface area contributed by atoms with Gasteiger partial charge in [-0.1, -0.05) is 32.0 Å². The molecule has 0 aliphatic heterocycles. The Morgan fingerprint density at radius 1 is 1.29 bits per heavy atom. The standard InChI is InChI=1S/C16H20N2O3/c1-10(2)8-14(16(20)21-3)18-15(19)13-9-11-6-4-5-7-12(11)17-13/h4-7,9-10,14,17H,8H2,1-3H3,(H,18,19). The molecule has 2 aromatic rings. The summed E-state index contributed by atoms with van der Waals surface area (Å²) < 4.78 is 4.75. The molecular weight excluding hydrogens is 268 g/mol. The summed E-state index contributed by atoms with van der Waals surface area (Å²) in [7, 11) is 1.32. The SMILES string of the molecule is COC(=O)C(CC(C)C)NC(=O)c1cc2ccccc2[nH]1. The number of amides is 1. The van der Waals surface area contributed by atoms with Crippen LogP contribution >= 0.6 is 0 Å². The summed E-state index contributed by atoms with van der Waals surface area (Å²) in [6.45, 7) is 3.98. The summed E-state index contributed by atoms with van der Waals surface area (Å²) in [6, 6.07) is 8.78. The molecule has 21 heavy (non-hydrogen) atoms. The van der Waals surface area contributed by atoms with Crippen molar-refractivity contribution in [1.82, 2.24) is 10.3 Å². The number of ether oxygens (including phenoxy) is 1. The Hall–Kier alpha value is -2.30. The quantitative estimate of drug-likeness (QED) is 0.830. The highest BCUT2D eigenvalue weighted by atomic mass is 16.5. The second kappa shape index (κ2) is 6.43. The molecule has 0 saturated heterocycles. The fourth-order valence-corrected chi connectivity index (χ4v) is 2.26. The summed E-state index contributed by atoms with van der Waals surface area (Å²) in [5.74, 6) is -0.451. The van der Waals surface area contributed by atoms with Crippen molar-refractivity contribution >= 4 is 22.8 Å². The summed E-state index contributed by atoms with van der Waals surface area (Å²) in [5, 5.41) is 3.69. The van der Waals surface area contributed by atoms with Crippen molar-refractivity contribution in [3.8, 4) is 0 Å². The van der Waals surface area contributed by atoms with Crippen LogP contribution in [-0.2, 0) is 9.53 Å². The minimum absolute atomic E-state index is 0.275. The van der Waals surface area contributed by atoms with Gasteiger partial charge in [0.1, 0.15) is 11.7 Å². The Bertz CT molecular complexity index is 613. The Kier molecular flexibility index (Phi) is 4.62. The third-order valence-electron chi connectivity index (χ3n) is 3.27. The van der Waals surface area contributed by atoms with E-state index in [1.54, 1.807) is 6.07 Å². The summed E-state index contributed by atoms with van der Waals surface area (Å²) in [5.41, 5.74) is 1.33. The predicted octanol–water partition coefficient (Wildman–Crippen LogP) is 2.49. The zero-order chi connectivity index (χ0) is 15.4. The van der Waals surface area contributed by atoms with E-state index in [4.69, 9.17) is 4.74 Å². The Balaban J connectivity index is 2.15. The molecule has 0 aliphatic rings. The number of rotatable bonds is 5. The van der Waals surface area contributed by atoms with Crippen LogP contribution in [0.5, 0.6) is 0 Å². The van der Waals surface area contributed by atoms with Crippen molar-refractivity contribution < 1.29 is 14.3 Å². The van der Waals surface area contributed by atoms with E-state index < -0.39 is 12.0 Å². The van der Waals surface area contributed by atoms with Crippen LogP contribution < -0.4 is 5.32 Å². The Morgan fingerprint density at radius 3 is 2.62 bits per heavy atom. The molecular formula is C16H20N2O3. The van der Waals surface area contributed by atoms with Gasteiger partial charge in [0, 0.05) is 10.9 Å². The minimum Gasteiger partial charge on any atom is -0.467 e. The molecule has 0 radical (unpaired) electrons. The van der Waals surface area contributed by atoms with E-state index in [0.29, 0.717) is 12.1 Å². The smallest absolute Gasteiger partial charge is 0.328 e. The van der Waals surface area contributed by atoms with Crippen molar-refractivity contribution in [2.75, 3.05) is 7.11 Å². The van der Waals surface area contributed by atoms with Gasteiger partial charge < -0.3 is 15.0 Å². The number of methoxy groups -OCH3 is 1. The number of H-pyrrole nitrogens is 1. The lowest BCUT2D eigenvalue weighted by molar-refractivity contribution is -0.143. The number of carbonyl (C=O) groups is 2. The molecule has 5 nitrogen and oxygen atoms in total. The average Bonchev–Trinajstić information content (AvgIpc) is 2.89. The van der Waals surface area contributed by atoms with E-state index in [0.717, 1.165) is 10.9 Å². The number of para-hydroxylation sites is 1. The highest BCUT2D eigenvalue weighted by Gasteiger charge is 2.23. The second-order valence-electron chi connectivity index (χ2n) is 5.45. The minimum atomic E-state index is -0.631. The number of hydrogen-bond donors (Lipinski definition) is 2. The Labute approximate surface area is 123 Å². The molecule has 5 heteroatoms. The van der Waals surface area contributed by atoms with Gasteiger partial charge in [0.25, 0.3) is 5.91 Å². The van der Waals surface area contributed by atoms with Gasteiger partial charge in [0.05, 0.1) is 7.11 Å². The van der Waals surface area contributed by atoms with Crippen LogP contribution in [0.1, 0.15) is 30.8 Å². The lowest BCUT2D eigenvalue weighted by Gasteiger charge is -2.17. The topological polar surface area (TPSA) is 71.2 Å². The van der Waals surface area contributed by atoms with E-state index in [1.807, 2.05) is 38.1 Å². The Morgan fingerprint density at radius 2 is 2.00 bits per heavy atom. The highest BCUT2D eigenvalue weighted by molar-refractivity contribution is 5.99. The molecule has 0 aliphatic carbocycles. The molecule has 0 bridgehead atoms. The van der Waals surface area contributed by atoms with Gasteiger partial charge in [0.15, 0.2) is 0 Å². The van der Waals surface area contributed by atoms with Gasteiger partial charge in [-0.3, -0.25) is 4.79 Å². The summed E-state index contributed by atoms with van der Waals surface area (Å²) >= 11 is 0. The van der Waals surface area contributed by atoms with Crippen LogP contribution in [0, 0.1) is 5.92 Å². The zero-order valence-electron chi connectivity index (χ0n) is 12.5. The summed E-state index contributed by atoms with van der Waals surface area (Å²) in [6.07, 6.45) is 0.540. The molecule has 1 aromatic heterocycles. The van der Waals surface area contributed by atoms with Crippen molar-refractivity contribution in [3.05, 3.63) is 36.0 Å². The molecule has 0 spiro atoms. The van der Waals surface area contributed by atoms with Crippen molar-refractivity contribution in [2.24, 2.45) is 5.92 Å². The molecule has 1 atom stereocenters. The highest BCUT2D eigenvalue weighted by Crippen LogP contribution is 2.15. The monoisotopic (exact) mass is 288 g/mol. The van der Waals surface area contributed by atoms with Crippen LogP contribution in [0.2, 0.25) is 0 Å². The average molecular weight is 288 g/mol. The maximum atomic E-state index is 12.3. The van der Waals surface area contributed by atoms with Gasteiger partial charge >= 0.3 is 5.97 Å². The number of aromatic nitrogens is 1.